The van der Waals surface area contributed by atoms with Crippen LogP contribution in [-0.2, 0) is 4.79 Å². The lowest BCUT2D eigenvalue weighted by atomic mass is 10.0. The number of fused-ring (bicyclic) bond motifs is 1. The van der Waals surface area contributed by atoms with Crippen LogP contribution in [0, 0.1) is 18.6 Å². The maximum absolute atomic E-state index is 15.0. The highest BCUT2D eigenvalue weighted by atomic mass is 19.1. The van der Waals surface area contributed by atoms with Gasteiger partial charge in [-0.3, -0.25) is 9.69 Å². The summed E-state index contributed by atoms with van der Waals surface area (Å²) in [5, 5.41) is 3.00. The molecular weight excluding hydrogens is 514 g/mol. The van der Waals surface area contributed by atoms with Crippen LogP contribution in [0.2, 0.25) is 0 Å². The van der Waals surface area contributed by atoms with Crippen molar-refractivity contribution in [2.45, 2.75) is 46.7 Å². The van der Waals surface area contributed by atoms with E-state index in [1.165, 1.54) is 6.07 Å². The van der Waals surface area contributed by atoms with Gasteiger partial charge in [0, 0.05) is 44.0 Å². The lowest BCUT2D eigenvalue weighted by Gasteiger charge is -2.38. The van der Waals surface area contributed by atoms with E-state index in [0.717, 1.165) is 44.5 Å². The van der Waals surface area contributed by atoms with Gasteiger partial charge >= 0.3 is 0 Å². The Labute approximate surface area is 232 Å². The molecule has 4 aromatic rings. The largest absolute Gasteiger partial charge is 0.326 e. The molecule has 5 rings (SSSR count). The molecule has 0 saturated carbocycles. The number of likely N-dealkylation sites (N-methyl/N-ethyl adjacent to an activating group) is 1. The number of Topliss-reactive ketones (excluding diaryl/α,β-unsaturated/α-hetero) is 1. The van der Waals surface area contributed by atoms with Crippen LogP contribution in [0.3, 0.4) is 0 Å². The molecule has 1 saturated heterocycles. The quantitative estimate of drug-likeness (QED) is 0.327. The Kier molecular flexibility index (Phi) is 7.86. The minimum atomic E-state index is -0.674. The van der Waals surface area contributed by atoms with Crippen LogP contribution in [0.1, 0.15) is 51.2 Å². The van der Waals surface area contributed by atoms with E-state index < -0.39 is 11.6 Å². The van der Waals surface area contributed by atoms with E-state index in [0.29, 0.717) is 17.2 Å². The van der Waals surface area contributed by atoms with Crippen molar-refractivity contribution < 1.29 is 13.6 Å². The van der Waals surface area contributed by atoms with E-state index in [9.17, 15) is 9.18 Å². The number of pyridine rings is 1. The minimum Gasteiger partial charge on any atom is -0.326 e. The third kappa shape index (κ3) is 5.44. The van der Waals surface area contributed by atoms with Crippen LogP contribution in [0.4, 0.5) is 20.5 Å². The highest BCUT2D eigenvalue weighted by Gasteiger charge is 2.28. The van der Waals surface area contributed by atoms with E-state index in [1.54, 1.807) is 25.3 Å². The number of nitrogens with zero attached hydrogens (tertiary/aromatic N) is 7. The van der Waals surface area contributed by atoms with Gasteiger partial charge in [-0.25, -0.2) is 28.7 Å². The summed E-state index contributed by atoms with van der Waals surface area (Å²) in [5.41, 5.74) is 1.87. The number of carbonyl (C=O) groups is 1. The zero-order chi connectivity index (χ0) is 28.6. The van der Waals surface area contributed by atoms with E-state index in [1.807, 2.05) is 31.4 Å². The number of ketones is 1. The maximum Gasteiger partial charge on any atom is 0.229 e. The summed E-state index contributed by atoms with van der Waals surface area (Å²) in [5.74, 6) is 0.0795. The van der Waals surface area contributed by atoms with Gasteiger partial charge in [0.15, 0.2) is 17.4 Å². The molecule has 1 unspecified atom stereocenters. The van der Waals surface area contributed by atoms with Gasteiger partial charge in [0.05, 0.1) is 17.8 Å². The molecule has 9 nitrogen and oxygen atoms in total. The van der Waals surface area contributed by atoms with E-state index in [4.69, 9.17) is 0 Å². The van der Waals surface area contributed by atoms with Gasteiger partial charge in [0.2, 0.25) is 5.95 Å². The summed E-state index contributed by atoms with van der Waals surface area (Å²) in [7, 11) is 0. The third-order valence-corrected chi connectivity index (χ3v) is 7.41. The fourth-order valence-corrected chi connectivity index (χ4v) is 5.48. The first-order valence-corrected chi connectivity index (χ1v) is 13.6. The van der Waals surface area contributed by atoms with Crippen molar-refractivity contribution >= 4 is 28.6 Å². The molecule has 1 aliphatic heterocycles. The Bertz CT molecular complexity index is 1530. The van der Waals surface area contributed by atoms with Gasteiger partial charge in [-0.15, -0.1) is 0 Å². The Morgan fingerprint density at radius 2 is 1.77 bits per heavy atom. The van der Waals surface area contributed by atoms with Crippen molar-refractivity contribution in [1.82, 2.24) is 34.3 Å². The monoisotopic (exact) mass is 548 g/mol. The fraction of sp³-hybridized carbons (Fsp3) is 0.414. The highest BCUT2D eigenvalue weighted by Crippen LogP contribution is 2.31. The Balaban J connectivity index is 1.39. The summed E-state index contributed by atoms with van der Waals surface area (Å²) >= 11 is 0. The molecule has 3 aromatic heterocycles. The predicted octanol–water partition coefficient (Wildman–Crippen LogP) is 5.07. The molecule has 1 aliphatic rings. The van der Waals surface area contributed by atoms with Crippen molar-refractivity contribution in [2.75, 3.05) is 38.0 Å². The lowest BCUT2D eigenvalue weighted by molar-refractivity contribution is -0.123. The standard InChI is InChI=1S/C29H34F2N8O/c1-6-37-9-11-38(12-10-37)28(18(4)40)20-7-8-25(32-15-20)35-29-33-16-23(31)26(36-29)21-13-22(30)27-24(14-21)39(17(2)3)19(5)34-27/h7-8,13-17,28H,6,9-12H2,1-5H3,(H,32,33,35,36). The maximum atomic E-state index is 15.0. The molecule has 1 atom stereocenters. The molecule has 0 radical (unpaired) electrons. The number of nitrogens with one attached hydrogen (secondary N) is 1. The fourth-order valence-electron chi connectivity index (χ4n) is 5.48. The second-order valence-corrected chi connectivity index (χ2v) is 10.4. The molecule has 0 spiro atoms. The van der Waals surface area contributed by atoms with Crippen LogP contribution < -0.4 is 5.32 Å². The molecule has 40 heavy (non-hydrogen) atoms. The summed E-state index contributed by atoms with van der Waals surface area (Å²) < 4.78 is 31.8. The molecule has 1 aromatic carbocycles. The van der Waals surface area contributed by atoms with Gasteiger partial charge in [-0.1, -0.05) is 13.0 Å². The summed E-state index contributed by atoms with van der Waals surface area (Å²) in [4.78, 5) is 34.3. The van der Waals surface area contributed by atoms with E-state index >= 15 is 4.39 Å². The molecule has 1 N–H and O–H groups in total. The lowest BCUT2D eigenvalue weighted by Crippen LogP contribution is -2.48. The van der Waals surface area contributed by atoms with Gasteiger partial charge in [-0.2, -0.15) is 0 Å². The van der Waals surface area contributed by atoms with Crippen molar-refractivity contribution in [3.05, 3.63) is 59.7 Å². The molecular formula is C29H34F2N8O. The number of rotatable bonds is 8. The Hall–Kier alpha value is -3.83. The number of benzene rings is 1. The first-order chi connectivity index (χ1) is 19.2. The number of piperazine rings is 1. The molecule has 11 heteroatoms. The highest BCUT2D eigenvalue weighted by molar-refractivity contribution is 5.84. The first kappa shape index (κ1) is 27.7. The van der Waals surface area contributed by atoms with Crippen LogP contribution >= 0.6 is 0 Å². The van der Waals surface area contributed by atoms with Crippen molar-refractivity contribution in [1.29, 1.82) is 0 Å². The SMILES string of the molecule is CCN1CCN(C(C(C)=O)c2ccc(Nc3ncc(F)c(-c4cc(F)c5nc(C)n(C(C)C)c5c4)n3)nc2)CC1. The number of aryl methyl sites for hydroxylation is 1. The second-order valence-electron chi connectivity index (χ2n) is 10.4. The van der Waals surface area contributed by atoms with Crippen molar-refractivity contribution in [2.24, 2.45) is 0 Å². The average molecular weight is 549 g/mol. The zero-order valence-electron chi connectivity index (χ0n) is 23.4. The number of carbonyl (C=O) groups excluding carboxylic acids is 1. The third-order valence-electron chi connectivity index (χ3n) is 7.41. The molecule has 210 valence electrons. The van der Waals surface area contributed by atoms with Crippen molar-refractivity contribution in [3.8, 4) is 11.3 Å². The molecule has 0 bridgehead atoms. The molecule has 0 aliphatic carbocycles. The molecule has 0 amide bonds. The van der Waals surface area contributed by atoms with Crippen LogP contribution in [0.25, 0.3) is 22.3 Å². The Morgan fingerprint density at radius 1 is 1.02 bits per heavy atom. The minimum absolute atomic E-state index is 0.0352. The second kappa shape index (κ2) is 11.3. The van der Waals surface area contributed by atoms with Gasteiger partial charge < -0.3 is 14.8 Å². The average Bonchev–Trinajstić information content (AvgIpc) is 3.27. The van der Waals surface area contributed by atoms with Crippen molar-refractivity contribution in [3.63, 3.8) is 0 Å². The number of imidazole rings is 1. The number of aromatic nitrogens is 5. The summed E-state index contributed by atoms with van der Waals surface area (Å²) in [6.07, 6.45) is 2.72. The number of hydrogen-bond acceptors (Lipinski definition) is 8. The predicted molar refractivity (Wildman–Crippen MR) is 150 cm³/mol. The summed E-state index contributed by atoms with van der Waals surface area (Å²) in [6, 6.07) is 6.23. The smallest absolute Gasteiger partial charge is 0.229 e. The van der Waals surface area contributed by atoms with Crippen LogP contribution in [-0.4, -0.2) is 72.8 Å². The summed E-state index contributed by atoms with van der Waals surface area (Å²) in [6.45, 7) is 14.0. The normalized spacial score (nSPS) is 15.6. The number of hydrogen-bond donors (Lipinski definition) is 1. The molecule has 1 fully saturated rings. The van der Waals surface area contributed by atoms with Gasteiger partial charge in [0.25, 0.3) is 0 Å². The molecule has 4 heterocycles. The van der Waals surface area contributed by atoms with E-state index in [2.05, 4.69) is 42.0 Å². The van der Waals surface area contributed by atoms with E-state index in [-0.39, 0.29) is 40.6 Å². The Morgan fingerprint density at radius 3 is 2.40 bits per heavy atom. The zero-order valence-corrected chi connectivity index (χ0v) is 23.4. The number of anilines is 2. The van der Waals surface area contributed by atoms with Crippen LogP contribution in [0.15, 0.2) is 36.7 Å². The van der Waals surface area contributed by atoms with Gasteiger partial charge in [-0.05, 0) is 58.0 Å². The number of halogens is 2. The first-order valence-electron chi connectivity index (χ1n) is 13.6. The topological polar surface area (TPSA) is 92.1 Å². The van der Waals surface area contributed by atoms with Crippen LogP contribution in [0.5, 0.6) is 0 Å². The van der Waals surface area contributed by atoms with Gasteiger partial charge in [0.1, 0.15) is 22.9 Å².